The molecule has 1 aliphatic rings. The van der Waals surface area contributed by atoms with Crippen LogP contribution in [0.3, 0.4) is 0 Å². The maximum atomic E-state index is 13.3. The highest BCUT2D eigenvalue weighted by molar-refractivity contribution is 7.89. The molecule has 2 aromatic heterocycles. The van der Waals surface area contributed by atoms with Gasteiger partial charge >= 0.3 is 0 Å². The predicted octanol–water partition coefficient (Wildman–Crippen LogP) is 2.88. The van der Waals surface area contributed by atoms with E-state index >= 15 is 0 Å². The van der Waals surface area contributed by atoms with E-state index in [1.807, 2.05) is 0 Å². The highest BCUT2D eigenvalue weighted by Crippen LogP contribution is 2.32. The molecule has 9 heteroatoms. The van der Waals surface area contributed by atoms with E-state index in [0.29, 0.717) is 48.4 Å². The summed E-state index contributed by atoms with van der Waals surface area (Å²) >= 11 is 0. The van der Waals surface area contributed by atoms with Crippen molar-refractivity contribution < 1.29 is 17.3 Å². The van der Waals surface area contributed by atoms with Gasteiger partial charge in [-0.2, -0.15) is 4.31 Å². The van der Waals surface area contributed by atoms with Crippen LogP contribution >= 0.6 is 0 Å². The number of aromatic amines is 1. The number of nitrogens with one attached hydrogen (secondary N) is 1. The number of piperidine rings is 1. The molecule has 0 unspecified atom stereocenters. The predicted molar refractivity (Wildman–Crippen MR) is 92.8 cm³/mol. The van der Waals surface area contributed by atoms with E-state index < -0.39 is 10.0 Å². The summed E-state index contributed by atoms with van der Waals surface area (Å²) in [5, 5.41) is 3.74. The fourth-order valence-electron chi connectivity index (χ4n) is 3.54. The Morgan fingerprint density at radius 1 is 1.27 bits per heavy atom. The molecule has 3 aromatic rings. The van der Waals surface area contributed by atoms with Gasteiger partial charge in [-0.15, -0.1) is 0 Å². The molecule has 0 aliphatic carbocycles. The standard InChI is InChI=1S/C17H19FN4O3S/c1-10-16(11(2)25-21-10)26(23,24)22-7-5-12(6-8-22)17-19-14-4-3-13(18)9-15(14)20-17/h3-4,9,12H,5-8H2,1-2H3,(H,19,20). The molecule has 0 amide bonds. The first kappa shape index (κ1) is 17.2. The van der Waals surface area contributed by atoms with Gasteiger partial charge < -0.3 is 9.51 Å². The third-order valence-electron chi connectivity index (χ3n) is 4.87. The largest absolute Gasteiger partial charge is 0.360 e. The van der Waals surface area contributed by atoms with E-state index in [2.05, 4.69) is 15.1 Å². The lowest BCUT2D eigenvalue weighted by molar-refractivity contribution is 0.313. The fourth-order valence-corrected chi connectivity index (χ4v) is 5.30. The second-order valence-electron chi connectivity index (χ2n) is 6.62. The summed E-state index contributed by atoms with van der Waals surface area (Å²) in [7, 11) is -3.62. The molecule has 1 aromatic carbocycles. The van der Waals surface area contributed by atoms with E-state index in [0.717, 1.165) is 5.82 Å². The van der Waals surface area contributed by atoms with Gasteiger partial charge in [0, 0.05) is 19.0 Å². The molecular formula is C17H19FN4O3S. The summed E-state index contributed by atoms with van der Waals surface area (Å²) in [4.78, 5) is 7.85. The van der Waals surface area contributed by atoms with Crippen molar-refractivity contribution in [3.8, 4) is 0 Å². The molecule has 138 valence electrons. The lowest BCUT2D eigenvalue weighted by Gasteiger charge is -2.30. The fraction of sp³-hybridized carbons (Fsp3) is 0.412. The lowest BCUT2D eigenvalue weighted by Crippen LogP contribution is -2.38. The highest BCUT2D eigenvalue weighted by Gasteiger charge is 2.34. The number of imidazole rings is 1. The maximum absolute atomic E-state index is 13.3. The summed E-state index contributed by atoms with van der Waals surface area (Å²) in [5.74, 6) is 0.888. The van der Waals surface area contributed by atoms with E-state index in [9.17, 15) is 12.8 Å². The van der Waals surface area contributed by atoms with Crippen LogP contribution in [0, 0.1) is 19.7 Å². The molecule has 1 saturated heterocycles. The Labute approximate surface area is 150 Å². The van der Waals surface area contributed by atoms with Crippen molar-refractivity contribution in [1.82, 2.24) is 19.4 Å². The number of H-pyrrole nitrogens is 1. The number of halogens is 1. The van der Waals surface area contributed by atoms with E-state index in [1.165, 1.54) is 16.4 Å². The number of benzene rings is 1. The van der Waals surface area contributed by atoms with Crippen molar-refractivity contribution in [3.63, 3.8) is 0 Å². The Balaban J connectivity index is 1.53. The molecule has 1 aliphatic heterocycles. The van der Waals surface area contributed by atoms with Gasteiger partial charge in [0.2, 0.25) is 10.0 Å². The number of rotatable bonds is 3. The van der Waals surface area contributed by atoms with Crippen LogP contribution in [-0.4, -0.2) is 40.9 Å². The highest BCUT2D eigenvalue weighted by atomic mass is 32.2. The van der Waals surface area contributed by atoms with Crippen LogP contribution in [0.4, 0.5) is 4.39 Å². The first-order valence-corrected chi connectivity index (χ1v) is 9.88. The second-order valence-corrected chi connectivity index (χ2v) is 8.49. The topological polar surface area (TPSA) is 92.1 Å². The third kappa shape index (κ3) is 2.80. The smallest absolute Gasteiger partial charge is 0.248 e. The number of fused-ring (bicyclic) bond motifs is 1. The normalized spacial score (nSPS) is 17.2. The number of aryl methyl sites for hydroxylation is 2. The third-order valence-corrected chi connectivity index (χ3v) is 7.01. The summed E-state index contributed by atoms with van der Waals surface area (Å²) in [5.41, 5.74) is 1.75. The van der Waals surface area contributed by atoms with Crippen LogP contribution in [0.25, 0.3) is 11.0 Å². The van der Waals surface area contributed by atoms with Crippen molar-refractivity contribution in [2.24, 2.45) is 0 Å². The van der Waals surface area contributed by atoms with Crippen LogP contribution in [-0.2, 0) is 10.0 Å². The zero-order valence-corrected chi connectivity index (χ0v) is 15.3. The number of hydrogen-bond acceptors (Lipinski definition) is 5. The average Bonchev–Trinajstić information content (AvgIpc) is 3.18. The molecule has 4 rings (SSSR count). The first-order chi connectivity index (χ1) is 12.4. The Morgan fingerprint density at radius 3 is 2.65 bits per heavy atom. The van der Waals surface area contributed by atoms with E-state index in [4.69, 9.17) is 4.52 Å². The number of hydrogen-bond donors (Lipinski definition) is 1. The van der Waals surface area contributed by atoms with Crippen molar-refractivity contribution >= 4 is 21.1 Å². The molecule has 3 heterocycles. The Hall–Kier alpha value is -2.26. The summed E-state index contributed by atoms with van der Waals surface area (Å²) < 4.78 is 45.6. The molecule has 0 radical (unpaired) electrons. The molecule has 26 heavy (non-hydrogen) atoms. The quantitative estimate of drug-likeness (QED) is 0.757. The summed E-state index contributed by atoms with van der Waals surface area (Å²) in [6.45, 7) is 4.02. The summed E-state index contributed by atoms with van der Waals surface area (Å²) in [6.07, 6.45) is 1.29. The monoisotopic (exact) mass is 378 g/mol. The van der Waals surface area contributed by atoms with Gasteiger partial charge in [-0.05, 0) is 44.9 Å². The van der Waals surface area contributed by atoms with Gasteiger partial charge in [0.15, 0.2) is 5.76 Å². The minimum atomic E-state index is -3.62. The van der Waals surface area contributed by atoms with Crippen molar-refractivity contribution in [2.75, 3.05) is 13.1 Å². The molecule has 1 fully saturated rings. The molecule has 0 atom stereocenters. The van der Waals surface area contributed by atoms with E-state index in [1.54, 1.807) is 19.9 Å². The second kappa shape index (κ2) is 6.17. The van der Waals surface area contributed by atoms with Gasteiger partial charge in [-0.1, -0.05) is 5.16 Å². The molecule has 7 nitrogen and oxygen atoms in total. The Bertz CT molecular complexity index is 1050. The number of aromatic nitrogens is 3. The lowest BCUT2D eigenvalue weighted by atomic mass is 9.97. The van der Waals surface area contributed by atoms with Crippen LogP contribution in [0.1, 0.15) is 36.0 Å². The Morgan fingerprint density at radius 2 is 2.00 bits per heavy atom. The molecular weight excluding hydrogens is 359 g/mol. The van der Waals surface area contributed by atoms with Gasteiger partial charge in [0.05, 0.1) is 11.0 Å². The van der Waals surface area contributed by atoms with Gasteiger partial charge in [-0.3, -0.25) is 0 Å². The average molecular weight is 378 g/mol. The van der Waals surface area contributed by atoms with Crippen LogP contribution < -0.4 is 0 Å². The first-order valence-electron chi connectivity index (χ1n) is 8.44. The van der Waals surface area contributed by atoms with Crippen LogP contribution in [0.2, 0.25) is 0 Å². The van der Waals surface area contributed by atoms with E-state index in [-0.39, 0.29) is 16.6 Å². The van der Waals surface area contributed by atoms with Gasteiger partial charge in [0.1, 0.15) is 22.2 Å². The minimum Gasteiger partial charge on any atom is -0.360 e. The SMILES string of the molecule is Cc1noc(C)c1S(=O)(=O)N1CCC(c2nc3ccc(F)cc3[nH]2)CC1. The van der Waals surface area contributed by atoms with Gasteiger partial charge in [0.25, 0.3) is 0 Å². The van der Waals surface area contributed by atoms with Crippen molar-refractivity contribution in [3.05, 3.63) is 41.3 Å². The number of nitrogens with zero attached hydrogens (tertiary/aromatic N) is 3. The summed E-state index contributed by atoms with van der Waals surface area (Å²) in [6, 6.07) is 4.44. The zero-order chi connectivity index (χ0) is 18.5. The Kier molecular flexibility index (Phi) is 4.07. The van der Waals surface area contributed by atoms with Crippen LogP contribution in [0.15, 0.2) is 27.6 Å². The zero-order valence-electron chi connectivity index (χ0n) is 14.5. The molecule has 0 spiro atoms. The minimum absolute atomic E-state index is 0.113. The van der Waals surface area contributed by atoms with Crippen molar-refractivity contribution in [1.29, 1.82) is 0 Å². The van der Waals surface area contributed by atoms with Crippen LogP contribution in [0.5, 0.6) is 0 Å². The molecule has 0 bridgehead atoms. The molecule has 0 saturated carbocycles. The van der Waals surface area contributed by atoms with Gasteiger partial charge in [-0.25, -0.2) is 17.8 Å². The van der Waals surface area contributed by atoms with Crippen molar-refractivity contribution in [2.45, 2.75) is 37.5 Å². The number of sulfonamides is 1. The molecule has 1 N–H and O–H groups in total. The maximum Gasteiger partial charge on any atom is 0.248 e.